The van der Waals surface area contributed by atoms with Crippen LogP contribution in [0.15, 0.2) is 11.3 Å². The highest BCUT2D eigenvalue weighted by Crippen LogP contribution is 2.32. The van der Waals surface area contributed by atoms with Crippen LogP contribution in [0.2, 0.25) is 0 Å². The van der Waals surface area contributed by atoms with Gasteiger partial charge in [0.05, 0.1) is 10.5 Å². The van der Waals surface area contributed by atoms with E-state index < -0.39 is 6.29 Å². The minimum atomic E-state index is -0.970. The first-order valence-electron chi connectivity index (χ1n) is 3.83. The van der Waals surface area contributed by atoms with Gasteiger partial charge in [0.1, 0.15) is 0 Å². The molecule has 4 heteroatoms. The van der Waals surface area contributed by atoms with Crippen LogP contribution in [-0.2, 0) is 4.84 Å². The van der Waals surface area contributed by atoms with Crippen LogP contribution >= 0.6 is 0 Å². The molecule has 2 aliphatic rings. The molecule has 0 aromatic rings. The Morgan fingerprint density at radius 1 is 1.45 bits per heavy atom. The monoisotopic (exact) mass is 156 g/mol. The second kappa shape index (κ2) is 2.30. The van der Waals surface area contributed by atoms with Crippen molar-refractivity contribution in [1.82, 2.24) is 0 Å². The highest BCUT2D eigenvalue weighted by Gasteiger charge is 2.42. The summed E-state index contributed by atoms with van der Waals surface area (Å²) in [7, 11) is 0. The van der Waals surface area contributed by atoms with Crippen molar-refractivity contribution in [2.45, 2.75) is 32.0 Å². The lowest BCUT2D eigenvalue weighted by molar-refractivity contribution is -0.775. The lowest BCUT2D eigenvalue weighted by Crippen LogP contribution is -2.10. The average molecular weight is 156 g/mol. The normalized spacial score (nSPS) is 30.3. The lowest BCUT2D eigenvalue weighted by Gasteiger charge is -2.04. The molecule has 1 heterocycles. The first-order chi connectivity index (χ1) is 5.29. The number of rotatable bonds is 0. The van der Waals surface area contributed by atoms with Crippen LogP contribution in [0.1, 0.15) is 25.7 Å². The smallest absolute Gasteiger partial charge is 0.302 e. The van der Waals surface area contributed by atoms with Gasteiger partial charge < -0.3 is 5.11 Å². The number of aliphatic hydroxyl groups excluding tert-OH is 1. The second-order valence-corrected chi connectivity index (χ2v) is 2.89. The summed E-state index contributed by atoms with van der Waals surface area (Å²) in [5.41, 5.74) is 1.43. The Labute approximate surface area is 64.0 Å². The van der Waals surface area contributed by atoms with E-state index in [1.54, 1.807) is 0 Å². The Bertz CT molecular complexity index is 234. The van der Waals surface area contributed by atoms with Crippen LogP contribution in [0.5, 0.6) is 0 Å². The van der Waals surface area contributed by atoms with Gasteiger partial charge in [0.15, 0.2) is 0 Å². The van der Waals surface area contributed by atoms with Gasteiger partial charge in [-0.05, 0) is 19.3 Å². The summed E-state index contributed by atoms with van der Waals surface area (Å²) in [5.74, 6) is 0. The predicted octanol–water partition coefficient (Wildman–Crippen LogP) is 0.857. The van der Waals surface area contributed by atoms with Gasteiger partial charge in [0, 0.05) is 6.42 Å². The van der Waals surface area contributed by atoms with Crippen LogP contribution in [0.3, 0.4) is 0 Å². The molecule has 1 unspecified atom stereocenters. The van der Waals surface area contributed by atoms with Crippen LogP contribution in [0, 0.1) is 4.91 Å². The fraction of sp³-hybridized carbons (Fsp3) is 0.714. The van der Waals surface area contributed by atoms with Crippen molar-refractivity contribution in [1.29, 1.82) is 0 Å². The molecule has 0 saturated carbocycles. The van der Waals surface area contributed by atoms with Gasteiger partial charge in [0.2, 0.25) is 0 Å². The minimum absolute atomic E-state index is 0.458. The summed E-state index contributed by atoms with van der Waals surface area (Å²) in [6.45, 7) is 0. The maximum absolute atomic E-state index is 10.9. The number of allylic oxidation sites excluding steroid dienone is 1. The third kappa shape index (κ3) is 0.939. The van der Waals surface area contributed by atoms with Gasteiger partial charge >= 0.3 is 6.29 Å². The van der Waals surface area contributed by atoms with Crippen molar-refractivity contribution in [2.75, 3.05) is 0 Å². The van der Waals surface area contributed by atoms with Gasteiger partial charge in [-0.1, -0.05) is 0 Å². The van der Waals surface area contributed by atoms with Gasteiger partial charge in [-0.25, -0.2) is 0 Å². The molecule has 0 saturated heterocycles. The van der Waals surface area contributed by atoms with Crippen LogP contribution in [0.4, 0.5) is 0 Å². The first kappa shape index (κ1) is 6.79. The van der Waals surface area contributed by atoms with Crippen LogP contribution < -0.4 is 0 Å². The van der Waals surface area contributed by atoms with E-state index in [0.717, 1.165) is 31.3 Å². The maximum Gasteiger partial charge on any atom is 0.302 e. The molecule has 0 spiro atoms. The zero-order valence-electron chi connectivity index (χ0n) is 6.12. The topological polar surface area (TPSA) is 49.5 Å². The number of aliphatic hydroxyl groups is 1. The third-order valence-corrected chi connectivity index (χ3v) is 2.19. The molecule has 0 aromatic heterocycles. The van der Waals surface area contributed by atoms with E-state index in [1.807, 2.05) is 0 Å². The molecule has 0 fully saturated rings. The van der Waals surface area contributed by atoms with Gasteiger partial charge in [-0.2, -0.15) is 4.84 Å². The maximum atomic E-state index is 10.9. The molecule has 4 nitrogen and oxygen atoms in total. The molecule has 0 aromatic carbocycles. The number of nitrogens with zero attached hydrogens (tertiary/aromatic N) is 1. The average Bonchev–Trinajstić information content (AvgIpc) is 2.30. The second-order valence-electron chi connectivity index (χ2n) is 2.89. The SMILES string of the molecule is O=[N+]1OC(O)C2=C1CCCC2. The van der Waals surface area contributed by atoms with Crippen LogP contribution in [-0.4, -0.2) is 16.3 Å². The summed E-state index contributed by atoms with van der Waals surface area (Å²) >= 11 is 0. The molecule has 2 rings (SSSR count). The molecule has 1 aliphatic carbocycles. The summed E-state index contributed by atoms with van der Waals surface area (Å²) < 4.78 is 0. The van der Waals surface area contributed by atoms with E-state index in [-0.39, 0.29) is 0 Å². The van der Waals surface area contributed by atoms with E-state index in [1.165, 1.54) is 0 Å². The van der Waals surface area contributed by atoms with Gasteiger partial charge in [0.25, 0.3) is 10.6 Å². The Kier molecular flexibility index (Phi) is 1.42. The molecule has 60 valence electrons. The fourth-order valence-electron chi connectivity index (χ4n) is 1.61. The van der Waals surface area contributed by atoms with Crippen molar-refractivity contribution in [3.05, 3.63) is 16.2 Å². The summed E-state index contributed by atoms with van der Waals surface area (Å²) in [4.78, 5) is 15.9. The van der Waals surface area contributed by atoms with Gasteiger partial charge in [-0.15, -0.1) is 0 Å². The fourth-order valence-corrected chi connectivity index (χ4v) is 1.61. The standard InChI is InChI=1S/C7H10NO3/c9-7-5-3-1-2-4-6(5)8(10)11-7/h7,9H,1-4H2/q+1. The molecule has 1 aliphatic heterocycles. The lowest BCUT2D eigenvalue weighted by atomic mass is 9.97. The third-order valence-electron chi connectivity index (χ3n) is 2.19. The predicted molar refractivity (Wildman–Crippen MR) is 36.2 cm³/mol. The van der Waals surface area contributed by atoms with E-state index in [2.05, 4.69) is 4.84 Å². The van der Waals surface area contributed by atoms with Crippen LogP contribution in [0.25, 0.3) is 0 Å². The Morgan fingerprint density at radius 3 is 2.91 bits per heavy atom. The molecule has 1 N–H and O–H groups in total. The highest BCUT2D eigenvalue weighted by molar-refractivity contribution is 5.14. The van der Waals surface area contributed by atoms with E-state index in [0.29, 0.717) is 10.6 Å². The van der Waals surface area contributed by atoms with Crippen molar-refractivity contribution in [2.24, 2.45) is 0 Å². The zero-order chi connectivity index (χ0) is 7.84. The largest absolute Gasteiger partial charge is 0.350 e. The molecule has 0 radical (unpaired) electrons. The van der Waals surface area contributed by atoms with Crippen molar-refractivity contribution < 1.29 is 14.9 Å². The summed E-state index contributed by atoms with van der Waals surface area (Å²) in [5, 5.41) is 9.17. The quantitative estimate of drug-likeness (QED) is 0.565. The molecule has 11 heavy (non-hydrogen) atoms. The van der Waals surface area contributed by atoms with Gasteiger partial charge in [-0.3, -0.25) is 0 Å². The van der Waals surface area contributed by atoms with Crippen molar-refractivity contribution >= 4 is 0 Å². The molecular weight excluding hydrogens is 146 g/mol. The molecule has 0 bridgehead atoms. The Morgan fingerprint density at radius 2 is 2.18 bits per heavy atom. The number of hydrogen-bond donors (Lipinski definition) is 1. The molecule has 1 atom stereocenters. The minimum Gasteiger partial charge on any atom is -0.350 e. The first-order valence-corrected chi connectivity index (χ1v) is 3.83. The Balaban J connectivity index is 2.32. The Hall–Kier alpha value is -0.900. The van der Waals surface area contributed by atoms with E-state index >= 15 is 0 Å². The van der Waals surface area contributed by atoms with E-state index in [9.17, 15) is 10.0 Å². The zero-order valence-corrected chi connectivity index (χ0v) is 6.12. The highest BCUT2D eigenvalue weighted by atomic mass is 16.8. The summed E-state index contributed by atoms with van der Waals surface area (Å²) in [6, 6.07) is 0. The summed E-state index contributed by atoms with van der Waals surface area (Å²) in [6.07, 6.45) is 2.65. The molecular formula is C7H10NO3+. The van der Waals surface area contributed by atoms with Crippen molar-refractivity contribution in [3.8, 4) is 0 Å². The molecule has 0 amide bonds. The number of hydrogen-bond acceptors (Lipinski definition) is 3. The van der Waals surface area contributed by atoms with E-state index in [4.69, 9.17) is 0 Å². The van der Waals surface area contributed by atoms with Crippen molar-refractivity contribution in [3.63, 3.8) is 0 Å².